The quantitative estimate of drug-likeness (QED) is 0.462. The first-order chi connectivity index (χ1) is 4.51. The van der Waals surface area contributed by atoms with Crippen LogP contribution in [0, 0.1) is 0 Å². The number of hydrogen-bond donors (Lipinski definition) is 2. The lowest BCUT2D eigenvalue weighted by Gasteiger charge is -2.21. The van der Waals surface area contributed by atoms with Crippen LogP contribution in [0.1, 0.15) is 0 Å². The zero-order chi connectivity index (χ0) is 7.78. The molecule has 0 radical (unpaired) electrons. The van der Waals surface area contributed by atoms with Crippen LogP contribution in [-0.4, -0.2) is 42.3 Å². The molecule has 1 rings (SSSR count). The summed E-state index contributed by atoms with van der Waals surface area (Å²) in [7, 11) is -2.46. The van der Waals surface area contributed by atoms with Crippen molar-refractivity contribution < 1.29 is 18.6 Å². The minimum Gasteiger partial charge on any atom is -0.389 e. The average molecular weight is 184 g/mol. The van der Waals surface area contributed by atoms with Gasteiger partial charge in [0.05, 0.1) is 18.0 Å². The van der Waals surface area contributed by atoms with Crippen LogP contribution in [0.5, 0.6) is 0 Å². The van der Waals surface area contributed by atoms with Gasteiger partial charge in [-0.3, -0.25) is 0 Å². The molecule has 2 N–H and O–H groups in total. The third-order valence-corrected chi connectivity index (χ3v) is 4.72. The van der Waals surface area contributed by atoms with Crippen molar-refractivity contribution in [1.29, 1.82) is 0 Å². The van der Waals surface area contributed by atoms with Crippen LogP contribution in [0.15, 0.2) is 0 Å². The van der Waals surface area contributed by atoms with Crippen molar-refractivity contribution in [3.05, 3.63) is 0 Å². The summed E-state index contributed by atoms with van der Waals surface area (Å²) in [5.41, 5.74) is 0. The molecule has 0 bridgehead atoms. The first kappa shape index (κ1) is 8.32. The summed E-state index contributed by atoms with van der Waals surface area (Å²) in [4.78, 5) is 0. The summed E-state index contributed by atoms with van der Waals surface area (Å²) >= 11 is 0. The van der Waals surface area contributed by atoms with E-state index in [1.54, 1.807) is 0 Å². The fraction of sp³-hybridized carbons (Fsp3) is 1.00. The highest BCUT2D eigenvalue weighted by molar-refractivity contribution is 8.72. The van der Waals surface area contributed by atoms with Crippen molar-refractivity contribution in [3.8, 4) is 0 Å². The fourth-order valence-corrected chi connectivity index (χ4v) is 3.71. The molecule has 0 aliphatic carbocycles. The smallest absolute Gasteiger partial charge is 0.204 e. The summed E-state index contributed by atoms with van der Waals surface area (Å²) in [6, 6.07) is 0. The monoisotopic (exact) mass is 184 g/mol. The molecule has 1 aliphatic heterocycles. The summed E-state index contributed by atoms with van der Waals surface area (Å²) in [5, 5.41) is 17.7. The third-order valence-electron chi connectivity index (χ3n) is 1.24. The third kappa shape index (κ3) is 1.85. The predicted molar refractivity (Wildman–Crippen MR) is 38.3 cm³/mol. The van der Waals surface area contributed by atoms with E-state index in [0.717, 1.165) is 0 Å². The Morgan fingerprint density at radius 3 is 2.30 bits per heavy atom. The lowest BCUT2D eigenvalue weighted by atomic mass is 10.3. The van der Waals surface area contributed by atoms with Gasteiger partial charge in [-0.2, -0.15) is 0 Å². The number of aliphatic hydroxyl groups excluding tert-OH is 2. The van der Waals surface area contributed by atoms with Gasteiger partial charge >= 0.3 is 0 Å². The van der Waals surface area contributed by atoms with Crippen molar-refractivity contribution in [3.63, 3.8) is 0 Å². The Balaban J connectivity index is 2.66. The van der Waals surface area contributed by atoms with Crippen molar-refractivity contribution in [2.24, 2.45) is 0 Å². The maximum Gasteiger partial charge on any atom is 0.204 e. The van der Waals surface area contributed by atoms with E-state index in [2.05, 4.69) is 0 Å². The Labute approximate surface area is 62.6 Å². The molecule has 10 heavy (non-hydrogen) atoms. The van der Waals surface area contributed by atoms with Gasteiger partial charge in [0.1, 0.15) is 0 Å². The van der Waals surface area contributed by atoms with Crippen LogP contribution in [0.2, 0.25) is 0 Å². The standard InChI is InChI=1S/C4H8O4S2/c5-3-1-9-10(7,8)2-4(3)6/h3-6H,1-2H2/t3-,4?/m1/s1. The average Bonchev–Trinajstić information content (AvgIpc) is 1.79. The first-order valence-corrected chi connectivity index (χ1v) is 5.90. The van der Waals surface area contributed by atoms with Crippen LogP contribution in [0.3, 0.4) is 0 Å². The highest BCUT2D eigenvalue weighted by atomic mass is 33.1. The zero-order valence-electron chi connectivity index (χ0n) is 5.10. The highest BCUT2D eigenvalue weighted by Gasteiger charge is 2.30. The van der Waals surface area contributed by atoms with Crippen LogP contribution in [-0.2, 0) is 8.87 Å². The lowest BCUT2D eigenvalue weighted by molar-refractivity contribution is 0.0480. The largest absolute Gasteiger partial charge is 0.389 e. The van der Waals surface area contributed by atoms with E-state index in [1.807, 2.05) is 0 Å². The summed E-state index contributed by atoms with van der Waals surface area (Å²) in [5.74, 6) is -0.262. The van der Waals surface area contributed by atoms with Crippen LogP contribution < -0.4 is 0 Å². The molecule has 0 aromatic rings. The van der Waals surface area contributed by atoms with Gasteiger partial charge < -0.3 is 10.2 Å². The van der Waals surface area contributed by atoms with Gasteiger partial charge in [-0.1, -0.05) is 0 Å². The van der Waals surface area contributed by atoms with Gasteiger partial charge in [-0.25, -0.2) is 8.42 Å². The Bertz CT molecular complexity index is 209. The van der Waals surface area contributed by atoms with Gasteiger partial charge in [0.15, 0.2) is 0 Å². The van der Waals surface area contributed by atoms with E-state index in [-0.39, 0.29) is 11.5 Å². The molecule has 0 spiro atoms. The van der Waals surface area contributed by atoms with E-state index in [1.165, 1.54) is 0 Å². The van der Waals surface area contributed by atoms with Crippen molar-refractivity contribution in [2.45, 2.75) is 12.2 Å². The molecule has 0 amide bonds. The SMILES string of the molecule is O=S1(=O)CC(O)[C@H](O)CS1. The Hall–Kier alpha value is 0.220. The molecule has 1 fully saturated rings. The van der Waals surface area contributed by atoms with Crippen molar-refractivity contribution >= 4 is 19.7 Å². The van der Waals surface area contributed by atoms with E-state index in [4.69, 9.17) is 10.2 Å². The fourth-order valence-electron chi connectivity index (χ4n) is 0.653. The minimum atomic E-state index is -3.16. The predicted octanol–water partition coefficient (Wildman–Crippen LogP) is -1.22. The Kier molecular flexibility index (Phi) is 2.24. The molecule has 1 unspecified atom stereocenters. The van der Waals surface area contributed by atoms with Gasteiger partial charge in [-0.15, -0.1) is 0 Å². The molecular weight excluding hydrogens is 176 g/mol. The molecule has 0 aromatic carbocycles. The molecule has 1 heterocycles. The number of hydrogen-bond acceptors (Lipinski definition) is 5. The van der Waals surface area contributed by atoms with Crippen LogP contribution in [0.4, 0.5) is 0 Å². The molecule has 1 saturated heterocycles. The molecule has 6 heteroatoms. The summed E-state index contributed by atoms with van der Waals surface area (Å²) < 4.78 is 21.4. The second-order valence-electron chi connectivity index (χ2n) is 2.14. The van der Waals surface area contributed by atoms with Crippen LogP contribution >= 0.6 is 10.8 Å². The minimum absolute atomic E-state index is 0.0729. The first-order valence-electron chi connectivity index (χ1n) is 2.74. The van der Waals surface area contributed by atoms with E-state index in [0.29, 0.717) is 10.8 Å². The summed E-state index contributed by atoms with van der Waals surface area (Å²) in [6.45, 7) is 0. The maximum absolute atomic E-state index is 10.7. The van der Waals surface area contributed by atoms with Gasteiger partial charge in [0.2, 0.25) is 8.87 Å². The number of aliphatic hydroxyl groups is 2. The summed E-state index contributed by atoms with van der Waals surface area (Å²) in [6.07, 6.45) is -2.00. The van der Waals surface area contributed by atoms with Crippen molar-refractivity contribution in [2.75, 3.05) is 11.5 Å². The Morgan fingerprint density at radius 1 is 1.30 bits per heavy atom. The van der Waals surface area contributed by atoms with Gasteiger partial charge in [-0.05, 0) is 10.8 Å². The maximum atomic E-state index is 10.7. The van der Waals surface area contributed by atoms with E-state index < -0.39 is 21.1 Å². The second kappa shape index (κ2) is 2.69. The van der Waals surface area contributed by atoms with Crippen LogP contribution in [0.25, 0.3) is 0 Å². The van der Waals surface area contributed by atoms with Gasteiger partial charge in [0.25, 0.3) is 0 Å². The van der Waals surface area contributed by atoms with E-state index in [9.17, 15) is 8.42 Å². The highest BCUT2D eigenvalue weighted by Crippen LogP contribution is 2.22. The molecule has 2 atom stereocenters. The number of rotatable bonds is 0. The van der Waals surface area contributed by atoms with Crippen molar-refractivity contribution in [1.82, 2.24) is 0 Å². The topological polar surface area (TPSA) is 74.6 Å². The molecule has 1 aliphatic rings. The van der Waals surface area contributed by atoms with E-state index >= 15 is 0 Å². The molecule has 0 aromatic heterocycles. The zero-order valence-corrected chi connectivity index (χ0v) is 6.73. The lowest BCUT2D eigenvalue weighted by Crippen LogP contribution is -2.38. The molecular formula is C4H8O4S2. The Morgan fingerprint density at radius 2 is 1.90 bits per heavy atom. The second-order valence-corrected chi connectivity index (χ2v) is 6.39. The molecule has 4 nitrogen and oxygen atoms in total. The van der Waals surface area contributed by atoms with Gasteiger partial charge in [0, 0.05) is 5.75 Å². The normalized spacial score (nSPS) is 39.4. The molecule has 60 valence electrons. The molecule has 0 saturated carbocycles.